The molecule has 0 aliphatic rings. The van der Waals surface area contributed by atoms with Crippen molar-refractivity contribution < 1.29 is 15.0 Å². The van der Waals surface area contributed by atoms with Crippen LogP contribution in [0.3, 0.4) is 0 Å². The quantitative estimate of drug-likeness (QED) is 0.666. The van der Waals surface area contributed by atoms with E-state index < -0.39 is 11.6 Å². The van der Waals surface area contributed by atoms with Crippen molar-refractivity contribution in [2.45, 2.75) is 19.4 Å². The monoisotopic (exact) mass is 329 g/mol. The van der Waals surface area contributed by atoms with Gasteiger partial charge in [-0.05, 0) is 37.1 Å². The minimum atomic E-state index is -0.984. The van der Waals surface area contributed by atoms with Gasteiger partial charge in [0.1, 0.15) is 0 Å². The molecular weight excluding hydrogens is 314 g/mol. The van der Waals surface area contributed by atoms with Crippen LogP contribution in [0.5, 0.6) is 0 Å². The van der Waals surface area contributed by atoms with E-state index in [1.807, 2.05) is 24.3 Å². The Morgan fingerprint density at radius 1 is 1.17 bits per heavy atom. The maximum Gasteiger partial charge on any atom is 0.337 e. The van der Waals surface area contributed by atoms with E-state index in [1.54, 1.807) is 26.0 Å². The number of benzene rings is 2. The van der Waals surface area contributed by atoms with Crippen molar-refractivity contribution in [1.29, 1.82) is 0 Å². The number of aliphatic hydroxyl groups is 1. The van der Waals surface area contributed by atoms with Crippen molar-refractivity contribution in [3.05, 3.63) is 58.7 Å². The first-order chi connectivity index (χ1) is 10.8. The summed E-state index contributed by atoms with van der Waals surface area (Å²) >= 11 is 6.34. The lowest BCUT2D eigenvalue weighted by atomic mass is 9.95. The van der Waals surface area contributed by atoms with Crippen molar-refractivity contribution in [3.8, 4) is 11.1 Å². The maximum atomic E-state index is 11.3. The number of fused-ring (bicyclic) bond motifs is 1. The van der Waals surface area contributed by atoms with Gasteiger partial charge < -0.3 is 15.2 Å². The Bertz CT molecular complexity index is 889. The summed E-state index contributed by atoms with van der Waals surface area (Å²) < 4.78 is 0. The second-order valence-corrected chi connectivity index (χ2v) is 6.43. The zero-order valence-electron chi connectivity index (χ0n) is 12.7. The number of rotatable bonds is 3. The van der Waals surface area contributed by atoms with Gasteiger partial charge in [0.15, 0.2) is 0 Å². The fourth-order valence-electron chi connectivity index (χ4n) is 2.60. The third kappa shape index (κ3) is 2.83. The Morgan fingerprint density at radius 2 is 1.83 bits per heavy atom. The lowest BCUT2D eigenvalue weighted by molar-refractivity contribution is 0.0698. The summed E-state index contributed by atoms with van der Waals surface area (Å²) in [5.41, 5.74) is 2.40. The third-order valence-electron chi connectivity index (χ3n) is 3.90. The van der Waals surface area contributed by atoms with Crippen molar-refractivity contribution in [2.24, 2.45) is 0 Å². The molecule has 1 heterocycles. The summed E-state index contributed by atoms with van der Waals surface area (Å²) in [7, 11) is 0. The number of halogens is 1. The number of aromatic nitrogens is 1. The van der Waals surface area contributed by atoms with E-state index in [0.717, 1.165) is 16.7 Å². The average Bonchev–Trinajstić information content (AvgIpc) is 2.88. The van der Waals surface area contributed by atoms with Gasteiger partial charge in [-0.2, -0.15) is 0 Å². The van der Waals surface area contributed by atoms with E-state index in [1.165, 1.54) is 6.20 Å². The minimum absolute atomic E-state index is 0.214. The van der Waals surface area contributed by atoms with Crippen molar-refractivity contribution in [3.63, 3.8) is 0 Å². The van der Waals surface area contributed by atoms with E-state index >= 15 is 0 Å². The van der Waals surface area contributed by atoms with Gasteiger partial charge in [0.2, 0.25) is 0 Å². The second kappa shape index (κ2) is 5.41. The average molecular weight is 330 g/mol. The lowest BCUT2D eigenvalue weighted by Gasteiger charge is -2.18. The van der Waals surface area contributed by atoms with Crippen LogP contribution in [0.1, 0.15) is 29.8 Å². The van der Waals surface area contributed by atoms with Crippen LogP contribution >= 0.6 is 11.6 Å². The number of H-pyrrole nitrogens is 1. The third-order valence-corrected chi connectivity index (χ3v) is 4.21. The molecule has 2 aromatic carbocycles. The van der Waals surface area contributed by atoms with Gasteiger partial charge >= 0.3 is 5.97 Å². The van der Waals surface area contributed by atoms with Gasteiger partial charge in [0, 0.05) is 22.7 Å². The molecule has 0 aliphatic carbocycles. The number of carboxylic acids is 1. The molecule has 0 saturated heterocycles. The van der Waals surface area contributed by atoms with Gasteiger partial charge in [-0.1, -0.05) is 35.9 Å². The predicted molar refractivity (Wildman–Crippen MR) is 90.9 cm³/mol. The smallest absolute Gasteiger partial charge is 0.337 e. The number of hydrogen-bond donors (Lipinski definition) is 3. The van der Waals surface area contributed by atoms with E-state index in [-0.39, 0.29) is 5.56 Å². The Morgan fingerprint density at radius 3 is 2.39 bits per heavy atom. The van der Waals surface area contributed by atoms with E-state index in [2.05, 4.69) is 4.98 Å². The first-order valence-corrected chi connectivity index (χ1v) is 7.52. The summed E-state index contributed by atoms with van der Waals surface area (Å²) in [6.07, 6.45) is 1.46. The minimum Gasteiger partial charge on any atom is -0.478 e. The molecule has 23 heavy (non-hydrogen) atoms. The number of nitrogens with one attached hydrogen (secondary N) is 1. The summed E-state index contributed by atoms with van der Waals surface area (Å²) in [6, 6.07) is 10.9. The molecule has 3 aromatic rings. The Balaban J connectivity index is 2.13. The lowest BCUT2D eigenvalue weighted by Crippen LogP contribution is -2.14. The highest BCUT2D eigenvalue weighted by atomic mass is 35.5. The van der Waals surface area contributed by atoms with E-state index in [0.29, 0.717) is 15.9 Å². The van der Waals surface area contributed by atoms with Crippen LogP contribution in [0, 0.1) is 0 Å². The van der Waals surface area contributed by atoms with Crippen molar-refractivity contribution >= 4 is 28.5 Å². The molecule has 0 radical (unpaired) electrons. The Labute approximate surface area is 138 Å². The molecule has 3 N–H and O–H groups in total. The fraction of sp³-hybridized carbons (Fsp3) is 0.167. The number of aromatic carboxylic acids is 1. The van der Waals surface area contributed by atoms with Gasteiger partial charge in [0.25, 0.3) is 0 Å². The predicted octanol–water partition coefficient (Wildman–Crippen LogP) is 4.41. The summed E-state index contributed by atoms with van der Waals surface area (Å²) in [4.78, 5) is 14.2. The second-order valence-electron chi connectivity index (χ2n) is 6.02. The molecule has 0 fully saturated rings. The molecule has 0 aliphatic heterocycles. The number of hydrogen-bond acceptors (Lipinski definition) is 2. The van der Waals surface area contributed by atoms with Gasteiger partial charge in [-0.3, -0.25) is 0 Å². The van der Waals surface area contributed by atoms with E-state index in [9.17, 15) is 15.0 Å². The van der Waals surface area contributed by atoms with Crippen molar-refractivity contribution in [1.82, 2.24) is 4.98 Å². The van der Waals surface area contributed by atoms with Crippen LogP contribution in [-0.4, -0.2) is 21.2 Å². The summed E-state index contributed by atoms with van der Waals surface area (Å²) in [5, 5.41) is 20.4. The van der Waals surface area contributed by atoms with Crippen molar-refractivity contribution in [2.75, 3.05) is 0 Å². The molecule has 5 heteroatoms. The molecule has 0 amide bonds. The highest BCUT2D eigenvalue weighted by Crippen LogP contribution is 2.34. The molecule has 3 rings (SSSR count). The molecule has 0 unspecified atom stereocenters. The largest absolute Gasteiger partial charge is 0.478 e. The highest BCUT2D eigenvalue weighted by Gasteiger charge is 2.17. The van der Waals surface area contributed by atoms with Crippen LogP contribution in [0.15, 0.2) is 42.6 Å². The fourth-order valence-corrected chi connectivity index (χ4v) is 2.87. The van der Waals surface area contributed by atoms with Crippen LogP contribution in [0.4, 0.5) is 0 Å². The van der Waals surface area contributed by atoms with Gasteiger partial charge in [0.05, 0.1) is 16.2 Å². The standard InChI is InChI=1S/C18H16ClNO3/c1-18(2,23)11-5-3-10(4-6-11)12-7-13-14(17(21)22)9-20-16(13)8-15(12)19/h3-9,20,23H,1-2H3,(H,21,22). The molecule has 1 aromatic heterocycles. The van der Waals surface area contributed by atoms with Crippen LogP contribution in [0.25, 0.3) is 22.0 Å². The molecule has 4 nitrogen and oxygen atoms in total. The highest BCUT2D eigenvalue weighted by molar-refractivity contribution is 6.34. The van der Waals surface area contributed by atoms with Crippen LogP contribution < -0.4 is 0 Å². The Hall–Kier alpha value is -2.30. The number of carbonyl (C=O) groups is 1. The molecule has 0 atom stereocenters. The molecule has 118 valence electrons. The summed E-state index contributed by atoms with van der Waals surface area (Å²) in [5.74, 6) is -0.984. The Kier molecular flexibility index (Phi) is 3.66. The summed E-state index contributed by atoms with van der Waals surface area (Å²) in [6.45, 7) is 3.44. The molecular formula is C18H16ClNO3. The molecule has 0 bridgehead atoms. The van der Waals surface area contributed by atoms with Crippen LogP contribution in [0.2, 0.25) is 5.02 Å². The first-order valence-electron chi connectivity index (χ1n) is 7.14. The normalized spacial score (nSPS) is 11.8. The topological polar surface area (TPSA) is 73.3 Å². The maximum absolute atomic E-state index is 11.3. The zero-order valence-corrected chi connectivity index (χ0v) is 13.5. The van der Waals surface area contributed by atoms with E-state index in [4.69, 9.17) is 11.6 Å². The van der Waals surface area contributed by atoms with Gasteiger partial charge in [-0.15, -0.1) is 0 Å². The van der Waals surface area contributed by atoms with Gasteiger partial charge in [-0.25, -0.2) is 4.79 Å². The van der Waals surface area contributed by atoms with Crippen LogP contribution in [-0.2, 0) is 5.60 Å². The molecule has 0 spiro atoms. The molecule has 0 saturated carbocycles. The number of aromatic amines is 1. The first kappa shape index (κ1) is 15.6. The number of carboxylic acid groups (broad SMARTS) is 1. The SMILES string of the molecule is CC(C)(O)c1ccc(-c2cc3c(C(=O)O)c[nH]c3cc2Cl)cc1. The zero-order chi connectivity index (χ0) is 16.8.